The molecule has 0 aliphatic carbocycles. The zero-order chi connectivity index (χ0) is 20.5. The van der Waals surface area contributed by atoms with E-state index in [0.29, 0.717) is 22.1 Å². The highest BCUT2D eigenvalue weighted by atomic mass is 35.5. The number of hydrogen-bond donors (Lipinski definition) is 3. The van der Waals surface area contributed by atoms with Crippen LogP contribution in [0.15, 0.2) is 47.4 Å². The molecule has 0 aliphatic heterocycles. The Morgan fingerprint density at radius 3 is 2.25 bits per heavy atom. The Bertz CT molecular complexity index is 858. The molecule has 148 valence electrons. The van der Waals surface area contributed by atoms with Crippen molar-refractivity contribution in [1.29, 1.82) is 0 Å². The van der Waals surface area contributed by atoms with Crippen LogP contribution in [0.3, 0.4) is 0 Å². The minimum atomic E-state index is -1.02. The summed E-state index contributed by atoms with van der Waals surface area (Å²) in [6.45, 7) is 0. The first-order chi connectivity index (χ1) is 13.4. The highest BCUT2D eigenvalue weighted by Gasteiger charge is 2.08. The van der Waals surface area contributed by atoms with E-state index in [1.54, 1.807) is 42.5 Å². The highest BCUT2D eigenvalue weighted by molar-refractivity contribution is 8.00. The van der Waals surface area contributed by atoms with Crippen LogP contribution in [0.5, 0.6) is 5.75 Å². The van der Waals surface area contributed by atoms with Gasteiger partial charge in [-0.1, -0.05) is 11.6 Å². The summed E-state index contributed by atoms with van der Waals surface area (Å²) in [6, 6.07) is 11.9. The highest BCUT2D eigenvalue weighted by Crippen LogP contribution is 2.27. The van der Waals surface area contributed by atoms with Gasteiger partial charge in [-0.15, -0.1) is 11.8 Å². The molecular formula is C19H19ClN2O5S. The van der Waals surface area contributed by atoms with Gasteiger partial charge in [0.2, 0.25) is 11.8 Å². The van der Waals surface area contributed by atoms with Crippen molar-refractivity contribution < 1.29 is 24.2 Å². The van der Waals surface area contributed by atoms with Crippen LogP contribution in [0.1, 0.15) is 12.8 Å². The molecule has 0 aliphatic rings. The molecule has 3 N–H and O–H groups in total. The van der Waals surface area contributed by atoms with Gasteiger partial charge >= 0.3 is 5.97 Å². The molecule has 0 saturated heterocycles. The maximum atomic E-state index is 12.1. The maximum Gasteiger partial charge on any atom is 0.303 e. The third-order valence-electron chi connectivity index (χ3n) is 3.51. The third kappa shape index (κ3) is 7.13. The number of thioether (sulfide) groups is 1. The summed E-state index contributed by atoms with van der Waals surface area (Å²) in [4.78, 5) is 35.0. The summed E-state index contributed by atoms with van der Waals surface area (Å²) in [6.07, 6.45) is -0.296. The normalized spacial score (nSPS) is 10.2. The van der Waals surface area contributed by atoms with Crippen LogP contribution in [0.25, 0.3) is 0 Å². The van der Waals surface area contributed by atoms with Crippen molar-refractivity contribution >= 4 is 52.5 Å². The summed E-state index contributed by atoms with van der Waals surface area (Å²) in [5.74, 6) is -0.826. The first-order valence-corrected chi connectivity index (χ1v) is 9.61. The monoisotopic (exact) mass is 422 g/mol. The molecular weight excluding hydrogens is 404 g/mol. The Morgan fingerprint density at radius 1 is 1.00 bits per heavy atom. The van der Waals surface area contributed by atoms with Gasteiger partial charge in [0, 0.05) is 22.7 Å². The number of ether oxygens (including phenoxy) is 1. The Morgan fingerprint density at radius 2 is 1.64 bits per heavy atom. The Hall–Kier alpha value is -2.71. The van der Waals surface area contributed by atoms with E-state index in [-0.39, 0.29) is 30.4 Å². The molecule has 2 amide bonds. The van der Waals surface area contributed by atoms with Gasteiger partial charge in [0.15, 0.2) is 0 Å². The van der Waals surface area contributed by atoms with Crippen LogP contribution in [0.2, 0.25) is 5.02 Å². The van der Waals surface area contributed by atoms with Crippen molar-refractivity contribution in [3.63, 3.8) is 0 Å². The number of methoxy groups -OCH3 is 1. The SMILES string of the molecule is COc1ccc(NC(=O)CSc2ccc(NC(=O)CCC(=O)O)cc2)cc1Cl. The van der Waals surface area contributed by atoms with E-state index in [4.69, 9.17) is 21.4 Å². The number of nitrogens with one attached hydrogen (secondary N) is 2. The Balaban J connectivity index is 1.80. The number of aliphatic carboxylic acids is 1. The molecule has 2 aromatic rings. The molecule has 0 spiro atoms. The molecule has 0 heterocycles. The van der Waals surface area contributed by atoms with E-state index in [1.807, 2.05) is 0 Å². The van der Waals surface area contributed by atoms with Gasteiger partial charge in [-0.05, 0) is 42.5 Å². The Kier molecular flexibility index (Phi) is 8.16. The number of halogens is 1. The zero-order valence-corrected chi connectivity index (χ0v) is 16.6. The van der Waals surface area contributed by atoms with Gasteiger partial charge in [-0.2, -0.15) is 0 Å². The first kappa shape index (κ1) is 21.6. The van der Waals surface area contributed by atoms with Crippen molar-refractivity contribution in [2.24, 2.45) is 0 Å². The molecule has 0 bridgehead atoms. The van der Waals surface area contributed by atoms with Gasteiger partial charge in [0.25, 0.3) is 0 Å². The van der Waals surface area contributed by atoms with E-state index < -0.39 is 5.97 Å². The first-order valence-electron chi connectivity index (χ1n) is 8.25. The molecule has 0 radical (unpaired) electrons. The van der Waals surface area contributed by atoms with Gasteiger partial charge in [-0.25, -0.2) is 0 Å². The number of carboxylic acids is 1. The lowest BCUT2D eigenvalue weighted by molar-refractivity contribution is -0.138. The van der Waals surface area contributed by atoms with E-state index in [9.17, 15) is 14.4 Å². The van der Waals surface area contributed by atoms with E-state index in [1.165, 1.54) is 18.9 Å². The fraction of sp³-hybridized carbons (Fsp3) is 0.211. The van der Waals surface area contributed by atoms with Gasteiger partial charge in [0.05, 0.1) is 24.3 Å². The summed E-state index contributed by atoms with van der Waals surface area (Å²) in [5, 5.41) is 14.4. The van der Waals surface area contributed by atoms with Crippen molar-refractivity contribution in [1.82, 2.24) is 0 Å². The van der Waals surface area contributed by atoms with Crippen LogP contribution in [0, 0.1) is 0 Å². The number of benzene rings is 2. The molecule has 0 saturated carbocycles. The molecule has 9 heteroatoms. The molecule has 0 atom stereocenters. The number of hydrogen-bond acceptors (Lipinski definition) is 5. The number of carbonyl (C=O) groups is 3. The zero-order valence-electron chi connectivity index (χ0n) is 15.0. The third-order valence-corrected chi connectivity index (χ3v) is 4.82. The quantitative estimate of drug-likeness (QED) is 0.529. The number of amides is 2. The average molecular weight is 423 g/mol. The molecule has 7 nitrogen and oxygen atoms in total. The van der Waals surface area contributed by atoms with Crippen molar-refractivity contribution in [3.8, 4) is 5.75 Å². The van der Waals surface area contributed by atoms with Crippen LogP contribution in [0.4, 0.5) is 11.4 Å². The number of anilines is 2. The van der Waals surface area contributed by atoms with E-state index in [2.05, 4.69) is 10.6 Å². The maximum absolute atomic E-state index is 12.1. The molecule has 2 aromatic carbocycles. The molecule has 2 rings (SSSR count). The fourth-order valence-electron chi connectivity index (χ4n) is 2.17. The van der Waals surface area contributed by atoms with E-state index >= 15 is 0 Å². The smallest absolute Gasteiger partial charge is 0.303 e. The summed E-state index contributed by atoms with van der Waals surface area (Å²) < 4.78 is 5.07. The van der Waals surface area contributed by atoms with Gasteiger partial charge < -0.3 is 20.5 Å². The summed E-state index contributed by atoms with van der Waals surface area (Å²) in [7, 11) is 1.52. The lowest BCUT2D eigenvalue weighted by atomic mass is 10.2. The number of rotatable bonds is 9. The molecule has 28 heavy (non-hydrogen) atoms. The van der Waals surface area contributed by atoms with Gasteiger partial charge in [-0.3, -0.25) is 14.4 Å². The number of carboxylic acid groups (broad SMARTS) is 1. The minimum Gasteiger partial charge on any atom is -0.495 e. The largest absolute Gasteiger partial charge is 0.495 e. The average Bonchev–Trinajstić information content (AvgIpc) is 2.66. The van der Waals surface area contributed by atoms with Crippen molar-refractivity contribution in [2.45, 2.75) is 17.7 Å². The number of carbonyl (C=O) groups excluding carboxylic acids is 2. The second kappa shape index (κ2) is 10.6. The fourth-order valence-corrected chi connectivity index (χ4v) is 3.12. The summed E-state index contributed by atoms with van der Waals surface area (Å²) >= 11 is 7.37. The second-order valence-corrected chi connectivity index (χ2v) is 7.11. The lowest BCUT2D eigenvalue weighted by Crippen LogP contribution is -2.14. The topological polar surface area (TPSA) is 105 Å². The van der Waals surface area contributed by atoms with E-state index in [0.717, 1.165) is 4.90 Å². The molecule has 0 unspecified atom stereocenters. The standard InChI is InChI=1S/C19H19ClN2O5S/c1-27-16-7-4-13(10-15(16)20)22-18(24)11-28-14-5-2-12(3-6-14)21-17(23)8-9-19(25)26/h2-7,10H,8-9,11H2,1H3,(H,21,23)(H,22,24)(H,25,26). The van der Waals surface area contributed by atoms with Crippen LogP contribution in [-0.2, 0) is 14.4 Å². The van der Waals surface area contributed by atoms with Crippen molar-refractivity contribution in [2.75, 3.05) is 23.5 Å². The van der Waals surface area contributed by atoms with Crippen molar-refractivity contribution in [3.05, 3.63) is 47.5 Å². The Labute approximate surface area is 171 Å². The lowest BCUT2D eigenvalue weighted by Gasteiger charge is -2.08. The molecule has 0 aromatic heterocycles. The molecule has 0 fully saturated rings. The summed E-state index contributed by atoms with van der Waals surface area (Å²) in [5.41, 5.74) is 1.15. The van der Waals surface area contributed by atoms with Crippen LogP contribution < -0.4 is 15.4 Å². The van der Waals surface area contributed by atoms with Crippen LogP contribution in [-0.4, -0.2) is 35.8 Å². The van der Waals surface area contributed by atoms with Crippen LogP contribution >= 0.6 is 23.4 Å². The minimum absolute atomic E-state index is 0.0820. The second-order valence-electron chi connectivity index (χ2n) is 5.65. The predicted octanol–water partition coefficient (Wildman–Crippen LogP) is 3.88. The predicted molar refractivity (Wildman–Crippen MR) is 109 cm³/mol. The van der Waals surface area contributed by atoms with Gasteiger partial charge in [0.1, 0.15) is 5.75 Å².